The highest BCUT2D eigenvalue weighted by atomic mass is 16.7. The highest BCUT2D eigenvalue weighted by Gasteiger charge is 2.23. The van der Waals surface area contributed by atoms with Crippen molar-refractivity contribution in [3.8, 4) is 11.5 Å². The lowest BCUT2D eigenvalue weighted by Gasteiger charge is -2.19. The lowest BCUT2D eigenvalue weighted by molar-refractivity contribution is 0.0715. The van der Waals surface area contributed by atoms with Gasteiger partial charge in [0.2, 0.25) is 0 Å². The molecule has 2 aromatic rings. The second kappa shape index (κ2) is 10.8. The summed E-state index contributed by atoms with van der Waals surface area (Å²) in [5.74, 6) is 0.223. The molecule has 0 bridgehead atoms. The van der Waals surface area contributed by atoms with Crippen LogP contribution in [0.4, 0.5) is 4.79 Å². The topological polar surface area (TPSA) is 61.8 Å². The van der Waals surface area contributed by atoms with Gasteiger partial charge in [-0.15, -0.1) is 0 Å². The van der Waals surface area contributed by atoms with E-state index in [2.05, 4.69) is 20.8 Å². The molecule has 0 atom stereocenters. The van der Waals surface area contributed by atoms with E-state index in [1.165, 1.54) is 5.56 Å². The molecule has 2 aromatic carbocycles. The highest BCUT2D eigenvalue weighted by molar-refractivity contribution is 5.91. The van der Waals surface area contributed by atoms with E-state index in [1.807, 2.05) is 32.0 Å². The zero-order valence-corrected chi connectivity index (χ0v) is 18.8. The van der Waals surface area contributed by atoms with Crippen molar-refractivity contribution in [1.82, 2.24) is 0 Å². The van der Waals surface area contributed by atoms with Gasteiger partial charge in [0.1, 0.15) is 0 Å². The van der Waals surface area contributed by atoms with E-state index < -0.39 is 12.1 Å². The van der Waals surface area contributed by atoms with Crippen LogP contribution in [-0.4, -0.2) is 18.7 Å². The normalized spacial score (nSPS) is 10.9. The molecule has 0 aliphatic heterocycles. The largest absolute Gasteiger partial charge is 0.513 e. The molecule has 0 N–H and O–H groups in total. The van der Waals surface area contributed by atoms with Crippen molar-refractivity contribution in [2.24, 2.45) is 0 Å². The molecule has 0 unspecified atom stereocenters. The Bertz CT molecular complexity index is 866. The van der Waals surface area contributed by atoms with E-state index in [1.54, 1.807) is 25.1 Å². The van der Waals surface area contributed by atoms with Gasteiger partial charge in [-0.05, 0) is 54.5 Å². The Morgan fingerprint density at radius 3 is 2.10 bits per heavy atom. The summed E-state index contributed by atoms with van der Waals surface area (Å²) in [7, 11) is 0. The average molecular weight is 413 g/mol. The van der Waals surface area contributed by atoms with Gasteiger partial charge in [0.25, 0.3) is 0 Å². The fourth-order valence-electron chi connectivity index (χ4n) is 3.08. The van der Waals surface area contributed by atoms with E-state index in [0.29, 0.717) is 5.56 Å². The van der Waals surface area contributed by atoms with Crippen molar-refractivity contribution in [2.45, 2.75) is 66.2 Å². The van der Waals surface area contributed by atoms with Crippen LogP contribution in [0.2, 0.25) is 0 Å². The number of rotatable bonds is 8. The van der Waals surface area contributed by atoms with Crippen molar-refractivity contribution >= 4 is 12.1 Å². The third-order valence-corrected chi connectivity index (χ3v) is 4.77. The van der Waals surface area contributed by atoms with Gasteiger partial charge in [0.05, 0.1) is 12.2 Å². The summed E-state index contributed by atoms with van der Waals surface area (Å²) in [6.07, 6.45) is 1.17. The lowest BCUT2D eigenvalue weighted by atomic mass is 9.94. The summed E-state index contributed by atoms with van der Waals surface area (Å²) in [6, 6.07) is 11.1. The first-order valence-corrected chi connectivity index (χ1v) is 10.6. The van der Waals surface area contributed by atoms with Crippen LogP contribution >= 0.6 is 0 Å². The molecular formula is C25H32O5. The van der Waals surface area contributed by atoms with Gasteiger partial charge < -0.3 is 14.2 Å². The summed E-state index contributed by atoms with van der Waals surface area (Å²) in [5, 5.41) is 0. The molecular weight excluding hydrogens is 380 g/mol. The smallest absolute Gasteiger partial charge is 0.434 e. The summed E-state index contributed by atoms with van der Waals surface area (Å²) in [5.41, 5.74) is 3.40. The van der Waals surface area contributed by atoms with Crippen LogP contribution in [0, 0.1) is 0 Å². The number of hydrogen-bond acceptors (Lipinski definition) is 5. The van der Waals surface area contributed by atoms with E-state index in [-0.39, 0.29) is 29.9 Å². The zero-order valence-electron chi connectivity index (χ0n) is 18.8. The van der Waals surface area contributed by atoms with Gasteiger partial charge in [-0.1, -0.05) is 59.2 Å². The number of benzene rings is 2. The number of carbonyl (C=O) groups is 2. The second-order valence-corrected chi connectivity index (χ2v) is 7.87. The van der Waals surface area contributed by atoms with Crippen LogP contribution in [-0.2, 0) is 11.2 Å². The van der Waals surface area contributed by atoms with Crippen molar-refractivity contribution in [3.05, 3.63) is 58.7 Å². The van der Waals surface area contributed by atoms with Crippen LogP contribution in [0.1, 0.15) is 86.8 Å². The van der Waals surface area contributed by atoms with Crippen LogP contribution in [0.15, 0.2) is 36.4 Å². The van der Waals surface area contributed by atoms with Gasteiger partial charge in [0, 0.05) is 5.56 Å². The molecule has 0 amide bonds. The van der Waals surface area contributed by atoms with Crippen LogP contribution < -0.4 is 9.47 Å². The highest BCUT2D eigenvalue weighted by Crippen LogP contribution is 2.39. The van der Waals surface area contributed by atoms with Gasteiger partial charge in [-0.3, -0.25) is 0 Å². The summed E-state index contributed by atoms with van der Waals surface area (Å²) in [6.45, 7) is 12.1. The van der Waals surface area contributed by atoms with Crippen molar-refractivity contribution in [1.29, 1.82) is 0 Å². The third kappa shape index (κ3) is 6.09. The minimum Gasteiger partial charge on any atom is -0.434 e. The molecule has 0 fully saturated rings. The van der Waals surface area contributed by atoms with E-state index in [4.69, 9.17) is 14.2 Å². The van der Waals surface area contributed by atoms with Gasteiger partial charge in [-0.25, -0.2) is 9.59 Å². The van der Waals surface area contributed by atoms with E-state index >= 15 is 0 Å². The number of aryl methyl sites for hydroxylation is 1. The predicted octanol–water partition coefficient (Wildman–Crippen LogP) is 6.64. The molecule has 162 valence electrons. The molecule has 0 radical (unpaired) electrons. The number of ether oxygens (including phenoxy) is 3. The first-order chi connectivity index (χ1) is 14.3. The molecule has 0 aliphatic carbocycles. The van der Waals surface area contributed by atoms with Crippen molar-refractivity contribution in [3.63, 3.8) is 0 Å². The van der Waals surface area contributed by atoms with E-state index in [9.17, 15) is 9.59 Å². The Morgan fingerprint density at radius 1 is 0.900 bits per heavy atom. The molecule has 0 heterocycles. The fraction of sp³-hybridized carbons (Fsp3) is 0.440. The Labute approximate surface area is 179 Å². The second-order valence-electron chi connectivity index (χ2n) is 7.87. The molecule has 5 heteroatoms. The average Bonchev–Trinajstić information content (AvgIpc) is 2.69. The van der Waals surface area contributed by atoms with Crippen LogP contribution in [0.5, 0.6) is 11.5 Å². The van der Waals surface area contributed by atoms with Gasteiger partial charge in [0.15, 0.2) is 11.5 Å². The molecule has 30 heavy (non-hydrogen) atoms. The number of hydrogen-bond donors (Lipinski definition) is 0. The fourth-order valence-corrected chi connectivity index (χ4v) is 3.08. The first kappa shape index (κ1) is 23.5. The summed E-state index contributed by atoms with van der Waals surface area (Å²) in [4.78, 5) is 24.8. The SMILES string of the molecule is CCCc1ccc(C(=O)Oc2c(OC(=O)OCC)cc(C(C)C)cc2C(C)C)cc1. The molecule has 0 saturated heterocycles. The van der Waals surface area contributed by atoms with Crippen LogP contribution in [0.3, 0.4) is 0 Å². The summed E-state index contributed by atoms with van der Waals surface area (Å²) >= 11 is 0. The molecule has 0 aliphatic rings. The molecule has 0 saturated carbocycles. The monoisotopic (exact) mass is 412 g/mol. The summed E-state index contributed by atoms with van der Waals surface area (Å²) < 4.78 is 16.1. The number of carbonyl (C=O) groups excluding carboxylic acids is 2. The van der Waals surface area contributed by atoms with Crippen molar-refractivity contribution in [2.75, 3.05) is 6.61 Å². The Morgan fingerprint density at radius 2 is 1.57 bits per heavy atom. The lowest BCUT2D eigenvalue weighted by Crippen LogP contribution is -2.15. The Kier molecular flexibility index (Phi) is 8.46. The maximum absolute atomic E-state index is 12.8. The van der Waals surface area contributed by atoms with Crippen LogP contribution in [0.25, 0.3) is 0 Å². The van der Waals surface area contributed by atoms with Gasteiger partial charge >= 0.3 is 12.1 Å². The molecule has 0 spiro atoms. The number of esters is 1. The first-order valence-electron chi connectivity index (χ1n) is 10.6. The zero-order chi connectivity index (χ0) is 22.3. The predicted molar refractivity (Wildman–Crippen MR) is 118 cm³/mol. The molecule has 5 nitrogen and oxygen atoms in total. The quantitative estimate of drug-likeness (QED) is 0.276. The minimum absolute atomic E-state index is 0.0583. The Balaban J connectivity index is 2.44. The standard InChI is InChI=1S/C25H32O5/c1-7-9-18-10-12-19(13-11-18)24(26)30-23-21(17(5)6)14-20(16(3)4)15-22(23)29-25(27)28-8-2/h10-17H,7-9H2,1-6H3. The van der Waals surface area contributed by atoms with E-state index in [0.717, 1.165) is 24.0 Å². The minimum atomic E-state index is -0.825. The third-order valence-electron chi connectivity index (χ3n) is 4.77. The molecule has 0 aromatic heterocycles. The maximum atomic E-state index is 12.8. The molecule has 2 rings (SSSR count). The maximum Gasteiger partial charge on any atom is 0.513 e. The Hall–Kier alpha value is -2.82. The van der Waals surface area contributed by atoms with Crippen molar-refractivity contribution < 1.29 is 23.8 Å². The van der Waals surface area contributed by atoms with Gasteiger partial charge in [-0.2, -0.15) is 0 Å².